The van der Waals surface area contributed by atoms with E-state index in [1.54, 1.807) is 26.2 Å². The fourth-order valence-electron chi connectivity index (χ4n) is 7.78. The fourth-order valence-corrected chi connectivity index (χ4v) is 9.27. The Balaban J connectivity index is 1.83. The summed E-state index contributed by atoms with van der Waals surface area (Å²) in [5.41, 5.74) is 1.80. The van der Waals surface area contributed by atoms with Gasteiger partial charge in [0.2, 0.25) is 5.69 Å². The monoisotopic (exact) mass is 868 g/mol. The van der Waals surface area contributed by atoms with Crippen LogP contribution in [0.3, 0.4) is 0 Å². The van der Waals surface area contributed by atoms with E-state index in [1.807, 2.05) is 35.5 Å². The first-order valence-electron chi connectivity index (χ1n) is 19.0. The summed E-state index contributed by atoms with van der Waals surface area (Å²) in [4.78, 5) is 12.3. The summed E-state index contributed by atoms with van der Waals surface area (Å²) >= 11 is 0. The maximum Gasteiger partial charge on any atom is 0.303 e. The fraction of sp³-hybridized carbons (Fsp3) is 0.538. The maximum absolute atomic E-state index is 12.3. The van der Waals surface area contributed by atoms with Crippen molar-refractivity contribution in [2.24, 2.45) is 0 Å². The summed E-state index contributed by atoms with van der Waals surface area (Å²) in [5, 5.41) is 9.17. The predicted molar refractivity (Wildman–Crippen MR) is 212 cm³/mol. The van der Waals surface area contributed by atoms with E-state index >= 15 is 0 Å². The zero-order chi connectivity index (χ0) is 42.9. The van der Waals surface area contributed by atoms with E-state index in [0.717, 1.165) is 5.71 Å². The van der Waals surface area contributed by atoms with Crippen LogP contribution < -0.4 is 4.90 Å². The minimum absolute atomic E-state index is 0.00760. The molecular formula is C39H52N2O14S3-2. The van der Waals surface area contributed by atoms with E-state index in [2.05, 4.69) is 0 Å². The Kier molecular flexibility index (Phi) is 16.0. The average molecular weight is 869 g/mol. The van der Waals surface area contributed by atoms with Crippen molar-refractivity contribution in [2.75, 3.05) is 63.9 Å². The summed E-state index contributed by atoms with van der Waals surface area (Å²) in [6.07, 6.45) is 7.52. The largest absolute Gasteiger partial charge is 0.748 e. The lowest BCUT2D eigenvalue weighted by atomic mass is 9.76. The molecule has 0 spiro atoms. The molecule has 2 aromatic carbocycles. The number of carbonyl (C=O) groups is 1. The first kappa shape index (κ1) is 47.2. The van der Waals surface area contributed by atoms with Gasteiger partial charge in [0.15, 0.2) is 5.71 Å². The molecule has 0 saturated heterocycles. The third kappa shape index (κ3) is 11.6. The average Bonchev–Trinajstić information content (AvgIpc) is 3.51. The number of carboxylic acids is 1. The van der Waals surface area contributed by atoms with Crippen LogP contribution in [0.5, 0.6) is 0 Å². The molecule has 0 bridgehead atoms. The van der Waals surface area contributed by atoms with Crippen molar-refractivity contribution in [1.29, 1.82) is 0 Å². The molecule has 0 saturated carbocycles. The summed E-state index contributed by atoms with van der Waals surface area (Å²) in [7, 11) is -12.7. The molecule has 2 aliphatic rings. The second-order valence-corrected chi connectivity index (χ2v) is 18.9. The second-order valence-electron chi connectivity index (χ2n) is 14.7. The summed E-state index contributed by atoms with van der Waals surface area (Å²) in [6, 6.07) is 8.30. The Hall–Kier alpha value is -3.53. The minimum Gasteiger partial charge on any atom is -0.748 e. The normalized spacial score (nSPS) is 20.4. The molecule has 1 N–H and O–H groups in total. The van der Waals surface area contributed by atoms with Gasteiger partial charge < -0.3 is 37.9 Å². The SMILES string of the molecule is CCN1/C(=C/C=C/C2=[N+](CCCCCC(=O)O)c3ccc(S(=O)(=O)[O-])cc3C2(C)CCOCCOCCOC)C(C)(CCCS(=O)(=O)[O-])c2cc(S(=O)(=O)[O-])ccc21. The first-order chi connectivity index (χ1) is 27.2. The number of methoxy groups -OCH3 is 1. The summed E-state index contributed by atoms with van der Waals surface area (Å²) in [6.45, 7) is 8.09. The zero-order valence-electron chi connectivity index (χ0n) is 33.2. The van der Waals surface area contributed by atoms with E-state index in [9.17, 15) is 43.7 Å². The smallest absolute Gasteiger partial charge is 0.303 e. The van der Waals surface area contributed by atoms with Gasteiger partial charge in [-0.15, -0.1) is 0 Å². The van der Waals surface area contributed by atoms with E-state index in [1.165, 1.54) is 30.3 Å². The summed E-state index contributed by atoms with van der Waals surface area (Å²) < 4.78 is 126. The molecular weight excluding hydrogens is 817 g/mol. The highest BCUT2D eigenvalue weighted by atomic mass is 32.2. The Morgan fingerprint density at radius 1 is 0.810 bits per heavy atom. The molecule has 0 fully saturated rings. The van der Waals surface area contributed by atoms with Crippen molar-refractivity contribution < 1.29 is 67.6 Å². The molecule has 2 aliphatic heterocycles. The van der Waals surface area contributed by atoms with Crippen molar-refractivity contribution in [2.45, 2.75) is 86.3 Å². The highest BCUT2D eigenvalue weighted by Gasteiger charge is 2.48. The topological polar surface area (TPSA) is 243 Å². The quantitative estimate of drug-likeness (QED) is 0.0886. The number of likely N-dealkylation sites (N-methyl/N-ethyl adjacent to an activating group) is 1. The molecule has 4 rings (SSSR count). The number of ether oxygens (including phenoxy) is 3. The number of allylic oxidation sites excluding steroid dienone is 4. The molecule has 2 aromatic rings. The first-order valence-corrected chi connectivity index (χ1v) is 23.4. The van der Waals surface area contributed by atoms with Crippen LogP contribution in [0, 0.1) is 0 Å². The van der Waals surface area contributed by atoms with Crippen LogP contribution in [-0.2, 0) is 60.2 Å². The molecule has 19 heteroatoms. The van der Waals surface area contributed by atoms with E-state index < -0.39 is 62.7 Å². The lowest BCUT2D eigenvalue weighted by Crippen LogP contribution is -2.33. The highest BCUT2D eigenvalue weighted by Crippen LogP contribution is 2.51. The molecule has 58 heavy (non-hydrogen) atoms. The van der Waals surface area contributed by atoms with Gasteiger partial charge in [-0.3, -0.25) is 4.79 Å². The van der Waals surface area contributed by atoms with Crippen LogP contribution in [0.2, 0.25) is 0 Å². The maximum atomic E-state index is 12.3. The Morgan fingerprint density at radius 3 is 2.03 bits per heavy atom. The molecule has 0 aliphatic carbocycles. The number of nitrogens with zero attached hydrogens (tertiary/aromatic N) is 2. The van der Waals surface area contributed by atoms with Crippen molar-refractivity contribution in [3.8, 4) is 0 Å². The molecule has 16 nitrogen and oxygen atoms in total. The number of carboxylic acid groups (broad SMARTS) is 1. The van der Waals surface area contributed by atoms with Crippen LogP contribution in [0.1, 0.15) is 76.8 Å². The molecule has 0 amide bonds. The Labute approximate surface area is 341 Å². The van der Waals surface area contributed by atoms with Crippen molar-refractivity contribution in [1.82, 2.24) is 0 Å². The van der Waals surface area contributed by atoms with Gasteiger partial charge in [0.1, 0.15) is 26.8 Å². The number of rotatable bonds is 24. The van der Waals surface area contributed by atoms with Crippen molar-refractivity contribution >= 4 is 53.4 Å². The van der Waals surface area contributed by atoms with Crippen molar-refractivity contribution in [3.05, 3.63) is 71.5 Å². The molecule has 0 radical (unpaired) electrons. The lowest BCUT2D eigenvalue weighted by molar-refractivity contribution is -0.438. The predicted octanol–water partition coefficient (Wildman–Crippen LogP) is 4.13. The van der Waals surface area contributed by atoms with E-state index in [-0.39, 0.29) is 32.5 Å². The summed E-state index contributed by atoms with van der Waals surface area (Å²) in [5.74, 6) is -1.55. The number of hydrogen-bond donors (Lipinski definition) is 1. The number of anilines is 1. The Bertz CT molecular complexity index is 2240. The van der Waals surface area contributed by atoms with Gasteiger partial charge in [-0.1, -0.05) is 6.08 Å². The number of benzene rings is 2. The highest BCUT2D eigenvalue weighted by molar-refractivity contribution is 7.86. The zero-order valence-corrected chi connectivity index (χ0v) is 35.6. The Morgan fingerprint density at radius 2 is 1.43 bits per heavy atom. The van der Waals surface area contributed by atoms with E-state index in [4.69, 9.17) is 19.3 Å². The van der Waals surface area contributed by atoms with Gasteiger partial charge in [0.25, 0.3) is 0 Å². The van der Waals surface area contributed by atoms with Gasteiger partial charge in [-0.05, 0) is 94.8 Å². The van der Waals surface area contributed by atoms with Crippen LogP contribution in [-0.4, -0.2) is 119 Å². The number of unbranched alkanes of at least 4 members (excludes halogenated alkanes) is 2. The van der Waals surface area contributed by atoms with Gasteiger partial charge in [-0.2, -0.15) is 4.58 Å². The molecule has 2 heterocycles. The van der Waals surface area contributed by atoms with Crippen LogP contribution in [0.4, 0.5) is 11.4 Å². The third-order valence-corrected chi connectivity index (χ3v) is 13.2. The number of aliphatic carboxylic acids is 1. The second kappa shape index (κ2) is 19.7. The van der Waals surface area contributed by atoms with Gasteiger partial charge in [0.05, 0.1) is 51.8 Å². The molecule has 322 valence electrons. The lowest BCUT2D eigenvalue weighted by Gasteiger charge is -2.30. The van der Waals surface area contributed by atoms with Gasteiger partial charge in [-0.25, -0.2) is 25.3 Å². The number of hydrogen-bond acceptors (Lipinski definition) is 14. The van der Waals surface area contributed by atoms with Crippen LogP contribution >= 0.6 is 0 Å². The van der Waals surface area contributed by atoms with E-state index in [0.29, 0.717) is 86.8 Å². The minimum atomic E-state index is -4.84. The van der Waals surface area contributed by atoms with Crippen LogP contribution in [0.15, 0.2) is 70.1 Å². The third-order valence-electron chi connectivity index (χ3n) is 10.7. The molecule has 0 aromatic heterocycles. The van der Waals surface area contributed by atoms with Crippen LogP contribution in [0.25, 0.3) is 0 Å². The standard InChI is InChI=1S/C39H54N2O14S3/c1-5-40-33-16-14-29(57(47,48)49)27-31(33)38(2,18-10-26-56(44,45)46)35(40)11-9-12-36-39(3,19-21-54-24-25-55-23-22-53-4)32-28-30(58(50,51)52)15-17-34(32)41(36)20-8-6-7-13-37(42)43/h9,11-12,14-17,27-28H,5-8,10,13,18-26H2,1-4H3,(H3-,42,43,44,45,46,47,48,49,50,51,52)/p-2. The molecule has 2 unspecified atom stereocenters. The van der Waals surface area contributed by atoms with Gasteiger partial charge in [0, 0.05) is 73.4 Å². The van der Waals surface area contributed by atoms with Gasteiger partial charge >= 0.3 is 5.97 Å². The number of fused-ring (bicyclic) bond motifs is 2. The molecule has 2 atom stereocenters. The van der Waals surface area contributed by atoms with Crippen molar-refractivity contribution in [3.63, 3.8) is 0 Å².